The maximum absolute atomic E-state index is 13.7. The number of hydrogen-bond donors (Lipinski definition) is 0. The Kier molecular flexibility index (Phi) is 5.69. The average molecular weight is 500 g/mol. The van der Waals surface area contributed by atoms with Crippen molar-refractivity contribution in [3.63, 3.8) is 0 Å². The topological polar surface area (TPSA) is 23.8 Å². The quantitative estimate of drug-likeness (QED) is 0.350. The zero-order chi connectivity index (χ0) is 21.4. The van der Waals surface area contributed by atoms with E-state index in [9.17, 15) is 4.39 Å². The van der Waals surface area contributed by atoms with Crippen molar-refractivity contribution < 1.29 is 4.39 Å². The minimum Gasteiger partial charge on any atom is -0.368 e. The van der Waals surface area contributed by atoms with Crippen molar-refractivity contribution in [1.82, 2.24) is 14.3 Å². The van der Waals surface area contributed by atoms with Crippen LogP contribution in [0.2, 0.25) is 5.02 Å². The average Bonchev–Trinajstić information content (AvgIpc) is 3.15. The molecule has 4 aromatic rings. The number of anilines is 1. The minimum atomic E-state index is -0.258. The van der Waals surface area contributed by atoms with Gasteiger partial charge < -0.3 is 9.30 Å². The normalized spacial score (nSPS) is 15.0. The highest BCUT2D eigenvalue weighted by Gasteiger charge is 2.22. The van der Waals surface area contributed by atoms with Crippen molar-refractivity contribution in [2.24, 2.45) is 0 Å². The van der Waals surface area contributed by atoms with E-state index in [4.69, 9.17) is 16.6 Å². The van der Waals surface area contributed by atoms with Crippen molar-refractivity contribution in [1.29, 1.82) is 0 Å². The fraction of sp³-hybridized carbons (Fsp3) is 0.208. The van der Waals surface area contributed by atoms with E-state index in [0.29, 0.717) is 5.02 Å². The second kappa shape index (κ2) is 8.61. The van der Waals surface area contributed by atoms with Crippen LogP contribution in [0.3, 0.4) is 0 Å². The fourth-order valence-corrected chi connectivity index (χ4v) is 4.62. The molecule has 1 aliphatic rings. The molecule has 3 heterocycles. The fourth-order valence-electron chi connectivity index (χ4n) is 4.12. The summed E-state index contributed by atoms with van der Waals surface area (Å²) in [6.45, 7) is 4.13. The monoisotopic (exact) mass is 498 g/mol. The molecule has 0 bridgehead atoms. The molecule has 0 unspecified atom stereocenters. The van der Waals surface area contributed by atoms with Gasteiger partial charge in [-0.15, -0.1) is 0 Å². The number of aromatic nitrogens is 2. The molecule has 0 atom stereocenters. The molecule has 5 rings (SSSR count). The van der Waals surface area contributed by atoms with Gasteiger partial charge in [0.25, 0.3) is 0 Å². The van der Waals surface area contributed by atoms with E-state index in [0.717, 1.165) is 59.8 Å². The Bertz CT molecular complexity index is 1220. The smallest absolute Gasteiger partial charge is 0.137 e. The largest absolute Gasteiger partial charge is 0.368 e. The van der Waals surface area contributed by atoms with Crippen LogP contribution < -0.4 is 4.90 Å². The van der Waals surface area contributed by atoms with Crippen molar-refractivity contribution in [3.8, 4) is 11.3 Å². The van der Waals surface area contributed by atoms with Gasteiger partial charge in [-0.05, 0) is 42.5 Å². The number of halogens is 3. The molecule has 31 heavy (non-hydrogen) atoms. The lowest BCUT2D eigenvalue weighted by Gasteiger charge is -2.36. The molecule has 0 aliphatic carbocycles. The number of piperazine rings is 1. The highest BCUT2D eigenvalue weighted by molar-refractivity contribution is 9.10. The first-order chi connectivity index (χ1) is 15.1. The first-order valence-corrected chi connectivity index (χ1v) is 11.4. The summed E-state index contributed by atoms with van der Waals surface area (Å²) in [5.41, 5.74) is 5.00. The Morgan fingerprint density at radius 3 is 2.52 bits per heavy atom. The standard InChI is InChI=1S/C24H21BrClFN4/c25-18-6-4-17(5-7-18)24-22(31-10-2-1-3-23(31)28-24)16-29-11-13-30(14-12-29)21-15-19(27)8-9-20(21)26/h1-10,15H,11-14,16H2. The number of fused-ring (bicyclic) bond motifs is 1. The molecule has 1 fully saturated rings. The van der Waals surface area contributed by atoms with Crippen LogP contribution in [0.25, 0.3) is 16.9 Å². The van der Waals surface area contributed by atoms with Gasteiger partial charge in [0, 0.05) is 49.0 Å². The van der Waals surface area contributed by atoms with Gasteiger partial charge in [-0.3, -0.25) is 4.90 Å². The highest BCUT2D eigenvalue weighted by Crippen LogP contribution is 2.30. The van der Waals surface area contributed by atoms with Crippen LogP contribution in [-0.4, -0.2) is 40.5 Å². The third-order valence-electron chi connectivity index (χ3n) is 5.74. The molecule has 0 spiro atoms. The third-order valence-corrected chi connectivity index (χ3v) is 6.59. The molecule has 0 amide bonds. The Labute approximate surface area is 194 Å². The Morgan fingerprint density at radius 1 is 0.968 bits per heavy atom. The maximum Gasteiger partial charge on any atom is 0.137 e. The number of pyridine rings is 1. The molecule has 4 nitrogen and oxygen atoms in total. The third kappa shape index (κ3) is 4.20. The van der Waals surface area contributed by atoms with E-state index in [1.165, 1.54) is 17.8 Å². The van der Waals surface area contributed by atoms with Gasteiger partial charge in [0.2, 0.25) is 0 Å². The first-order valence-electron chi connectivity index (χ1n) is 10.2. The van der Waals surface area contributed by atoms with Gasteiger partial charge in [-0.25, -0.2) is 9.37 Å². The van der Waals surface area contributed by atoms with E-state index in [2.05, 4.69) is 48.5 Å². The Balaban J connectivity index is 1.39. The molecule has 2 aromatic carbocycles. The van der Waals surface area contributed by atoms with Gasteiger partial charge in [0.15, 0.2) is 0 Å². The van der Waals surface area contributed by atoms with Crippen molar-refractivity contribution in [2.45, 2.75) is 6.54 Å². The second-order valence-corrected chi connectivity index (χ2v) is 9.02. The van der Waals surface area contributed by atoms with Gasteiger partial charge in [-0.1, -0.05) is 45.7 Å². The zero-order valence-electron chi connectivity index (χ0n) is 16.8. The molecule has 7 heteroatoms. The number of rotatable bonds is 4. The van der Waals surface area contributed by atoms with Crippen molar-refractivity contribution in [3.05, 3.63) is 87.9 Å². The van der Waals surface area contributed by atoms with Crippen LogP contribution in [0.4, 0.5) is 10.1 Å². The molecule has 2 aromatic heterocycles. The molecule has 0 saturated carbocycles. The lowest BCUT2D eigenvalue weighted by atomic mass is 10.1. The summed E-state index contributed by atoms with van der Waals surface area (Å²) in [5.74, 6) is -0.258. The first kappa shape index (κ1) is 20.5. The summed E-state index contributed by atoms with van der Waals surface area (Å²) in [7, 11) is 0. The number of benzene rings is 2. The molecule has 0 radical (unpaired) electrons. The zero-order valence-corrected chi connectivity index (χ0v) is 19.2. The minimum absolute atomic E-state index is 0.258. The van der Waals surface area contributed by atoms with E-state index < -0.39 is 0 Å². The number of nitrogens with zero attached hydrogens (tertiary/aromatic N) is 4. The number of imidazole rings is 1. The molecule has 1 aliphatic heterocycles. The Morgan fingerprint density at radius 2 is 1.74 bits per heavy atom. The summed E-state index contributed by atoms with van der Waals surface area (Å²) in [4.78, 5) is 9.49. The van der Waals surface area contributed by atoms with Crippen LogP contribution in [-0.2, 0) is 6.54 Å². The SMILES string of the molecule is Fc1ccc(Cl)c(N2CCN(Cc3c(-c4ccc(Br)cc4)nc4ccccn34)CC2)c1. The van der Waals surface area contributed by atoms with Crippen LogP contribution in [0.5, 0.6) is 0 Å². The summed E-state index contributed by atoms with van der Waals surface area (Å²) in [5, 5.41) is 0.592. The van der Waals surface area contributed by atoms with E-state index in [-0.39, 0.29) is 5.82 Å². The second-order valence-electron chi connectivity index (χ2n) is 7.70. The van der Waals surface area contributed by atoms with Gasteiger partial charge in [-0.2, -0.15) is 0 Å². The highest BCUT2D eigenvalue weighted by atomic mass is 79.9. The van der Waals surface area contributed by atoms with E-state index >= 15 is 0 Å². The lowest BCUT2D eigenvalue weighted by molar-refractivity contribution is 0.247. The summed E-state index contributed by atoms with van der Waals surface area (Å²) in [6, 6.07) is 18.9. The molecule has 158 valence electrons. The predicted molar refractivity (Wildman–Crippen MR) is 127 cm³/mol. The maximum atomic E-state index is 13.7. The van der Waals surface area contributed by atoms with Gasteiger partial charge >= 0.3 is 0 Å². The van der Waals surface area contributed by atoms with Crippen LogP contribution >= 0.6 is 27.5 Å². The van der Waals surface area contributed by atoms with Gasteiger partial charge in [0.1, 0.15) is 11.5 Å². The summed E-state index contributed by atoms with van der Waals surface area (Å²) < 4.78 is 16.9. The van der Waals surface area contributed by atoms with Crippen molar-refractivity contribution >= 4 is 38.9 Å². The van der Waals surface area contributed by atoms with Crippen LogP contribution in [0, 0.1) is 5.82 Å². The predicted octanol–water partition coefficient (Wildman–Crippen LogP) is 5.88. The van der Waals surface area contributed by atoms with Crippen LogP contribution in [0.15, 0.2) is 71.3 Å². The molecular formula is C24H21BrClFN4. The summed E-state index contributed by atoms with van der Waals surface area (Å²) in [6.07, 6.45) is 2.07. The Hall–Kier alpha value is -2.41. The van der Waals surface area contributed by atoms with Crippen molar-refractivity contribution in [2.75, 3.05) is 31.1 Å². The lowest BCUT2D eigenvalue weighted by Crippen LogP contribution is -2.46. The van der Waals surface area contributed by atoms with E-state index in [1.807, 2.05) is 30.3 Å². The molecule has 1 saturated heterocycles. The molecular weight excluding hydrogens is 479 g/mol. The number of hydrogen-bond acceptors (Lipinski definition) is 3. The van der Waals surface area contributed by atoms with Crippen LogP contribution in [0.1, 0.15) is 5.69 Å². The van der Waals surface area contributed by atoms with Gasteiger partial charge in [0.05, 0.1) is 22.1 Å². The molecule has 0 N–H and O–H groups in total. The van der Waals surface area contributed by atoms with E-state index in [1.54, 1.807) is 6.07 Å². The summed E-state index contributed by atoms with van der Waals surface area (Å²) >= 11 is 9.82.